The van der Waals surface area contributed by atoms with Gasteiger partial charge in [-0.15, -0.1) is 0 Å². The van der Waals surface area contributed by atoms with Crippen LogP contribution in [-0.4, -0.2) is 33.8 Å². The normalized spacial score (nSPS) is 10.6. The number of carbonyl (C=O) groups is 2. The Kier molecular flexibility index (Phi) is 5.16. The maximum Gasteiger partial charge on any atom is 0.340 e. The Bertz CT molecular complexity index is 1060. The van der Waals surface area contributed by atoms with Crippen LogP contribution in [0, 0.1) is 25.5 Å². The van der Waals surface area contributed by atoms with Crippen LogP contribution in [0.1, 0.15) is 32.1 Å². The van der Waals surface area contributed by atoms with Gasteiger partial charge in [-0.25, -0.2) is 23.2 Å². The summed E-state index contributed by atoms with van der Waals surface area (Å²) in [6.07, 6.45) is 1.31. The van der Waals surface area contributed by atoms with Gasteiger partial charge in [-0.3, -0.25) is 4.79 Å². The number of hydrogen-bond acceptors (Lipinski definition) is 5. The van der Waals surface area contributed by atoms with Crippen molar-refractivity contribution in [2.45, 2.75) is 13.8 Å². The molecule has 0 spiro atoms. The fourth-order valence-electron chi connectivity index (χ4n) is 2.61. The summed E-state index contributed by atoms with van der Waals surface area (Å²) >= 11 is 0. The number of aryl methyl sites for hydroxylation is 2. The van der Waals surface area contributed by atoms with Crippen LogP contribution in [-0.2, 0) is 4.74 Å². The van der Waals surface area contributed by atoms with Crippen LogP contribution in [0.3, 0.4) is 0 Å². The summed E-state index contributed by atoms with van der Waals surface area (Å²) in [7, 11) is 1.07. The third kappa shape index (κ3) is 3.73. The number of anilines is 1. The molecule has 1 aromatic carbocycles. The molecule has 0 saturated heterocycles. The van der Waals surface area contributed by atoms with Crippen molar-refractivity contribution in [2.24, 2.45) is 0 Å². The van der Waals surface area contributed by atoms with E-state index in [9.17, 15) is 18.4 Å². The van der Waals surface area contributed by atoms with Crippen molar-refractivity contribution >= 4 is 17.6 Å². The molecule has 9 heteroatoms. The van der Waals surface area contributed by atoms with Crippen molar-refractivity contribution in [3.05, 3.63) is 70.7 Å². The minimum Gasteiger partial charge on any atom is -0.465 e. The minimum atomic E-state index is -1.08. The predicted molar refractivity (Wildman–Crippen MR) is 96.5 cm³/mol. The number of benzene rings is 1. The van der Waals surface area contributed by atoms with Crippen molar-refractivity contribution in [1.29, 1.82) is 0 Å². The van der Waals surface area contributed by atoms with E-state index in [0.717, 1.165) is 24.6 Å². The number of pyridine rings is 1. The molecule has 0 aliphatic carbocycles. The zero-order valence-electron chi connectivity index (χ0n) is 15.3. The van der Waals surface area contributed by atoms with Crippen LogP contribution in [0.25, 0.3) is 5.82 Å². The van der Waals surface area contributed by atoms with Crippen LogP contribution in [0.2, 0.25) is 0 Å². The summed E-state index contributed by atoms with van der Waals surface area (Å²) in [4.78, 5) is 28.1. The lowest BCUT2D eigenvalue weighted by Gasteiger charge is -2.09. The molecule has 144 valence electrons. The number of hydrogen-bond donors (Lipinski definition) is 1. The van der Waals surface area contributed by atoms with Gasteiger partial charge in [-0.1, -0.05) is 0 Å². The predicted octanol–water partition coefficient (Wildman–Crippen LogP) is 3.20. The van der Waals surface area contributed by atoms with E-state index >= 15 is 0 Å². The first-order chi connectivity index (χ1) is 13.3. The quantitative estimate of drug-likeness (QED) is 0.696. The second kappa shape index (κ2) is 7.55. The summed E-state index contributed by atoms with van der Waals surface area (Å²) in [6, 6.07) is 6.36. The van der Waals surface area contributed by atoms with E-state index in [0.29, 0.717) is 11.9 Å². The van der Waals surface area contributed by atoms with Crippen LogP contribution in [0.15, 0.2) is 36.5 Å². The molecule has 0 aliphatic rings. The number of amides is 1. The Hall–Kier alpha value is -3.62. The number of ether oxygens (including phenoxy) is 1. The van der Waals surface area contributed by atoms with Crippen molar-refractivity contribution in [3.8, 4) is 5.82 Å². The lowest BCUT2D eigenvalue weighted by Crippen LogP contribution is -2.15. The smallest absolute Gasteiger partial charge is 0.340 e. The van der Waals surface area contributed by atoms with Crippen molar-refractivity contribution < 1.29 is 23.1 Å². The fourth-order valence-corrected chi connectivity index (χ4v) is 2.61. The van der Waals surface area contributed by atoms with E-state index in [1.165, 1.54) is 12.3 Å². The number of nitrogens with one attached hydrogen (secondary N) is 1. The number of methoxy groups -OCH3 is 1. The van der Waals surface area contributed by atoms with E-state index in [1.807, 2.05) is 19.9 Å². The summed E-state index contributed by atoms with van der Waals surface area (Å²) in [6.45, 7) is 3.73. The van der Waals surface area contributed by atoms with Crippen LogP contribution < -0.4 is 5.32 Å². The van der Waals surface area contributed by atoms with Gasteiger partial charge >= 0.3 is 5.97 Å². The topological polar surface area (TPSA) is 86.1 Å². The lowest BCUT2D eigenvalue weighted by molar-refractivity contribution is 0.0595. The van der Waals surface area contributed by atoms with Gasteiger partial charge in [0.25, 0.3) is 5.91 Å². The molecule has 0 saturated carbocycles. The van der Waals surface area contributed by atoms with Gasteiger partial charge in [0, 0.05) is 18.0 Å². The maximum absolute atomic E-state index is 14.0. The molecule has 3 aromatic rings. The fraction of sp³-hybridized carbons (Fsp3) is 0.158. The highest BCUT2D eigenvalue weighted by molar-refractivity contribution is 6.04. The molecule has 2 aromatic heterocycles. The Morgan fingerprint density at radius 2 is 1.86 bits per heavy atom. The molecule has 0 bridgehead atoms. The van der Waals surface area contributed by atoms with Crippen molar-refractivity contribution in [1.82, 2.24) is 14.8 Å². The van der Waals surface area contributed by atoms with Crippen LogP contribution in [0.4, 0.5) is 14.5 Å². The zero-order chi connectivity index (χ0) is 20.4. The molecule has 1 N–H and O–H groups in total. The van der Waals surface area contributed by atoms with Crippen molar-refractivity contribution in [2.75, 3.05) is 12.4 Å². The molecule has 1 amide bonds. The zero-order valence-corrected chi connectivity index (χ0v) is 15.3. The number of rotatable bonds is 4. The van der Waals surface area contributed by atoms with Gasteiger partial charge < -0.3 is 10.1 Å². The average Bonchev–Trinajstić information content (AvgIpc) is 3.01. The first-order valence-corrected chi connectivity index (χ1v) is 8.18. The number of carbonyl (C=O) groups excluding carboxylic acids is 2. The molecular formula is C19H16F2N4O3. The SMILES string of the molecule is COC(=O)c1cc(NC(=O)c2ccc(-n3nc(C)cc3C)nc2)c(F)cc1F. The van der Waals surface area contributed by atoms with Gasteiger partial charge in [0.2, 0.25) is 0 Å². The lowest BCUT2D eigenvalue weighted by atomic mass is 10.1. The number of aromatic nitrogens is 3. The van der Waals surface area contributed by atoms with Crippen LogP contribution in [0.5, 0.6) is 0 Å². The number of esters is 1. The van der Waals surface area contributed by atoms with Gasteiger partial charge in [-0.05, 0) is 38.1 Å². The molecule has 0 fully saturated rings. The highest BCUT2D eigenvalue weighted by atomic mass is 19.1. The van der Waals surface area contributed by atoms with E-state index in [1.54, 1.807) is 10.7 Å². The molecule has 0 unspecified atom stereocenters. The van der Waals surface area contributed by atoms with Crippen molar-refractivity contribution in [3.63, 3.8) is 0 Å². The second-order valence-electron chi connectivity index (χ2n) is 6.00. The van der Waals surface area contributed by atoms with E-state index in [4.69, 9.17) is 0 Å². The van der Waals surface area contributed by atoms with Gasteiger partial charge in [0.1, 0.15) is 11.6 Å². The molecule has 2 heterocycles. The molecule has 0 atom stereocenters. The molecular weight excluding hydrogens is 370 g/mol. The largest absolute Gasteiger partial charge is 0.465 e. The Balaban J connectivity index is 1.83. The number of nitrogens with zero attached hydrogens (tertiary/aromatic N) is 3. The summed E-state index contributed by atoms with van der Waals surface area (Å²) < 4.78 is 33.7. The molecule has 3 rings (SSSR count). The second-order valence-corrected chi connectivity index (χ2v) is 6.00. The van der Waals surface area contributed by atoms with E-state index in [-0.39, 0.29) is 11.3 Å². The van der Waals surface area contributed by atoms with Gasteiger partial charge in [0.15, 0.2) is 5.82 Å². The summed E-state index contributed by atoms with van der Waals surface area (Å²) in [5.41, 5.74) is 1.01. The first kappa shape index (κ1) is 19.2. The highest BCUT2D eigenvalue weighted by Crippen LogP contribution is 2.21. The third-order valence-electron chi connectivity index (χ3n) is 3.95. The Morgan fingerprint density at radius 1 is 1.11 bits per heavy atom. The summed E-state index contributed by atoms with van der Waals surface area (Å²) in [5.74, 6) is -3.25. The minimum absolute atomic E-state index is 0.147. The monoisotopic (exact) mass is 386 g/mol. The Morgan fingerprint density at radius 3 is 2.43 bits per heavy atom. The highest BCUT2D eigenvalue weighted by Gasteiger charge is 2.18. The molecule has 0 radical (unpaired) electrons. The average molecular weight is 386 g/mol. The molecule has 0 aliphatic heterocycles. The molecule has 28 heavy (non-hydrogen) atoms. The van der Waals surface area contributed by atoms with Gasteiger partial charge in [0.05, 0.1) is 29.6 Å². The third-order valence-corrected chi connectivity index (χ3v) is 3.95. The Labute approximate surface area is 159 Å². The standard InChI is InChI=1S/C19H16F2N4O3/c1-10-6-11(2)25(24-10)17-5-4-12(9-22-17)18(26)23-16-7-13(19(27)28-3)14(20)8-15(16)21/h4-9H,1-3H3,(H,23,26). The maximum atomic E-state index is 14.0. The first-order valence-electron chi connectivity index (χ1n) is 8.18. The van der Waals surface area contributed by atoms with Crippen LogP contribution >= 0.6 is 0 Å². The summed E-state index contributed by atoms with van der Waals surface area (Å²) in [5, 5.41) is 6.60. The van der Waals surface area contributed by atoms with E-state index in [2.05, 4.69) is 20.1 Å². The number of halogens is 2. The molecule has 7 nitrogen and oxygen atoms in total. The van der Waals surface area contributed by atoms with E-state index < -0.39 is 29.1 Å². The van der Waals surface area contributed by atoms with Gasteiger partial charge in [-0.2, -0.15) is 5.10 Å².